The van der Waals surface area contributed by atoms with Gasteiger partial charge >= 0.3 is 0 Å². The van der Waals surface area contributed by atoms with Crippen LogP contribution in [-0.2, 0) is 11.2 Å². The van der Waals surface area contributed by atoms with Gasteiger partial charge in [0.25, 0.3) is 5.89 Å². The first-order chi connectivity index (χ1) is 16.3. The van der Waals surface area contributed by atoms with Crippen molar-refractivity contribution in [1.82, 2.24) is 19.9 Å². The normalized spacial score (nSPS) is 14.8. The summed E-state index contributed by atoms with van der Waals surface area (Å²) in [6.45, 7) is 4.20. The van der Waals surface area contributed by atoms with Crippen LogP contribution in [-0.4, -0.2) is 59.6 Å². The number of hydrogen-bond acceptors (Lipinski definition) is 7. The second kappa shape index (κ2) is 9.65. The van der Waals surface area contributed by atoms with Crippen LogP contribution in [0.1, 0.15) is 43.0 Å². The number of likely N-dealkylation sites (N-methyl/N-ethyl adjacent to an activating group) is 2. The molecule has 8 nitrogen and oxygen atoms in total. The number of benzene rings is 2. The van der Waals surface area contributed by atoms with E-state index in [1.807, 2.05) is 39.1 Å². The van der Waals surface area contributed by atoms with Gasteiger partial charge in [0.15, 0.2) is 0 Å². The number of carbonyl (C=O) groups excluding carboxylic acids is 1. The van der Waals surface area contributed by atoms with Crippen molar-refractivity contribution in [2.45, 2.75) is 38.8 Å². The first-order valence-corrected chi connectivity index (χ1v) is 11.4. The van der Waals surface area contributed by atoms with Crippen LogP contribution in [0.3, 0.4) is 0 Å². The van der Waals surface area contributed by atoms with Crippen LogP contribution in [0.15, 0.2) is 40.9 Å². The van der Waals surface area contributed by atoms with E-state index in [1.54, 1.807) is 31.1 Å². The molecule has 4 rings (SSSR count). The zero-order chi connectivity index (χ0) is 24.4. The SMILES string of the molecule is CC(C)Oc1ccc(-c2nc(-c3cccc4c3CCC4N(C)CC(=O)N(C)C)no2)cc1C#N. The number of fused-ring (bicyclic) bond motifs is 1. The maximum atomic E-state index is 12.2. The summed E-state index contributed by atoms with van der Waals surface area (Å²) in [5, 5.41) is 13.8. The third-order valence-corrected chi connectivity index (χ3v) is 6.03. The highest BCUT2D eigenvalue weighted by Gasteiger charge is 2.30. The molecule has 1 aliphatic rings. The summed E-state index contributed by atoms with van der Waals surface area (Å²) in [5.41, 5.74) is 4.40. The summed E-state index contributed by atoms with van der Waals surface area (Å²) >= 11 is 0. The smallest absolute Gasteiger partial charge is 0.258 e. The lowest BCUT2D eigenvalue weighted by molar-refractivity contribution is -0.130. The molecule has 0 fully saturated rings. The van der Waals surface area contributed by atoms with Gasteiger partial charge in [-0.25, -0.2) is 0 Å². The van der Waals surface area contributed by atoms with Gasteiger partial charge in [-0.15, -0.1) is 0 Å². The summed E-state index contributed by atoms with van der Waals surface area (Å²) in [6, 6.07) is 13.7. The lowest BCUT2D eigenvalue weighted by Gasteiger charge is -2.26. The minimum absolute atomic E-state index is 0.0306. The molecular formula is C26H29N5O3. The van der Waals surface area contributed by atoms with Gasteiger partial charge in [0.1, 0.15) is 11.8 Å². The van der Waals surface area contributed by atoms with E-state index in [1.165, 1.54) is 11.1 Å². The highest BCUT2D eigenvalue weighted by atomic mass is 16.5. The predicted octanol–water partition coefficient (Wildman–Crippen LogP) is 4.07. The maximum Gasteiger partial charge on any atom is 0.258 e. The number of ether oxygens (including phenoxy) is 1. The Morgan fingerprint density at radius 2 is 2.06 bits per heavy atom. The Bertz CT molecular complexity index is 1240. The van der Waals surface area contributed by atoms with Gasteiger partial charge < -0.3 is 14.2 Å². The van der Waals surface area contributed by atoms with Crippen molar-refractivity contribution in [2.24, 2.45) is 0 Å². The first kappa shape index (κ1) is 23.5. The van der Waals surface area contributed by atoms with Crippen LogP contribution >= 0.6 is 0 Å². The fourth-order valence-corrected chi connectivity index (χ4v) is 4.32. The topological polar surface area (TPSA) is 95.5 Å². The number of hydrogen-bond donors (Lipinski definition) is 0. The van der Waals surface area contributed by atoms with Gasteiger partial charge in [0, 0.05) is 31.3 Å². The predicted molar refractivity (Wildman–Crippen MR) is 128 cm³/mol. The monoisotopic (exact) mass is 459 g/mol. The number of aromatic nitrogens is 2. The molecule has 1 heterocycles. The fourth-order valence-electron chi connectivity index (χ4n) is 4.32. The zero-order valence-electron chi connectivity index (χ0n) is 20.2. The Hall–Kier alpha value is -3.70. The fraction of sp³-hybridized carbons (Fsp3) is 0.385. The third kappa shape index (κ3) is 4.66. The van der Waals surface area contributed by atoms with E-state index in [4.69, 9.17) is 9.26 Å². The lowest BCUT2D eigenvalue weighted by Crippen LogP contribution is -2.35. The van der Waals surface area contributed by atoms with Crippen molar-refractivity contribution in [3.63, 3.8) is 0 Å². The average Bonchev–Trinajstić information content (AvgIpc) is 3.46. The lowest BCUT2D eigenvalue weighted by atomic mass is 10.0. The Balaban J connectivity index is 1.61. The highest BCUT2D eigenvalue weighted by Crippen LogP contribution is 2.40. The summed E-state index contributed by atoms with van der Waals surface area (Å²) in [7, 11) is 5.53. The maximum absolute atomic E-state index is 12.2. The van der Waals surface area contributed by atoms with Gasteiger partial charge in [0.2, 0.25) is 11.7 Å². The molecule has 1 atom stereocenters. The van der Waals surface area contributed by atoms with Crippen LogP contribution in [0.25, 0.3) is 22.8 Å². The van der Waals surface area contributed by atoms with Crippen LogP contribution in [0.2, 0.25) is 0 Å². The van der Waals surface area contributed by atoms with E-state index < -0.39 is 0 Å². The molecule has 1 amide bonds. The number of carbonyl (C=O) groups is 1. The summed E-state index contributed by atoms with van der Waals surface area (Å²) in [4.78, 5) is 20.5. The Kier molecular flexibility index (Phi) is 6.66. The Labute approximate surface area is 199 Å². The number of rotatable bonds is 7. The van der Waals surface area contributed by atoms with Crippen LogP contribution < -0.4 is 4.74 Å². The summed E-state index contributed by atoms with van der Waals surface area (Å²) in [6.07, 6.45) is 1.77. The minimum Gasteiger partial charge on any atom is -0.490 e. The molecule has 0 radical (unpaired) electrons. The third-order valence-electron chi connectivity index (χ3n) is 6.03. The summed E-state index contributed by atoms with van der Waals surface area (Å²) in [5.74, 6) is 1.48. The molecule has 1 unspecified atom stereocenters. The molecule has 0 N–H and O–H groups in total. The van der Waals surface area contributed by atoms with E-state index in [2.05, 4.69) is 27.2 Å². The van der Waals surface area contributed by atoms with Crippen molar-refractivity contribution >= 4 is 5.91 Å². The van der Waals surface area contributed by atoms with E-state index in [9.17, 15) is 10.1 Å². The van der Waals surface area contributed by atoms with Crippen molar-refractivity contribution < 1.29 is 14.1 Å². The zero-order valence-corrected chi connectivity index (χ0v) is 20.2. The van der Waals surface area contributed by atoms with Gasteiger partial charge in [-0.3, -0.25) is 9.69 Å². The Morgan fingerprint density at radius 1 is 1.26 bits per heavy atom. The molecular weight excluding hydrogens is 430 g/mol. The van der Waals surface area contributed by atoms with Crippen molar-refractivity contribution in [2.75, 3.05) is 27.7 Å². The minimum atomic E-state index is -0.0306. The second-order valence-corrected chi connectivity index (χ2v) is 9.04. The van der Waals surface area contributed by atoms with E-state index in [-0.39, 0.29) is 18.1 Å². The van der Waals surface area contributed by atoms with Crippen LogP contribution in [0.5, 0.6) is 5.75 Å². The molecule has 1 aromatic heterocycles. The molecule has 1 aliphatic carbocycles. The first-order valence-electron chi connectivity index (χ1n) is 11.4. The molecule has 176 valence electrons. The molecule has 0 bridgehead atoms. The molecule has 2 aromatic carbocycles. The van der Waals surface area contributed by atoms with Crippen LogP contribution in [0, 0.1) is 11.3 Å². The standard InChI is InChI=1S/C26H29N5O3/c1-16(2)33-23-12-9-17(13-18(23)14-27)26-28-25(29-34-26)21-8-6-7-20-19(21)10-11-22(20)31(5)15-24(32)30(3)4/h6-9,12-13,16,22H,10-11,15H2,1-5H3. The van der Waals surface area contributed by atoms with Crippen molar-refractivity contribution in [3.05, 3.63) is 53.1 Å². The van der Waals surface area contributed by atoms with E-state index in [0.29, 0.717) is 35.1 Å². The molecule has 0 saturated heterocycles. The Morgan fingerprint density at radius 3 is 2.76 bits per heavy atom. The van der Waals surface area contributed by atoms with Gasteiger partial charge in [-0.2, -0.15) is 10.2 Å². The highest BCUT2D eigenvalue weighted by molar-refractivity contribution is 5.77. The molecule has 0 spiro atoms. The van der Waals surface area contributed by atoms with Gasteiger partial charge in [-0.05, 0) is 63.1 Å². The quantitative estimate of drug-likeness (QED) is 0.525. The molecule has 0 saturated carbocycles. The number of nitriles is 1. The van der Waals surface area contributed by atoms with E-state index >= 15 is 0 Å². The van der Waals surface area contributed by atoms with Crippen molar-refractivity contribution in [3.8, 4) is 34.7 Å². The second-order valence-electron chi connectivity index (χ2n) is 9.04. The average molecular weight is 460 g/mol. The largest absolute Gasteiger partial charge is 0.490 e. The molecule has 3 aromatic rings. The van der Waals surface area contributed by atoms with E-state index in [0.717, 1.165) is 18.4 Å². The van der Waals surface area contributed by atoms with Gasteiger partial charge in [-0.1, -0.05) is 23.4 Å². The number of nitrogens with zero attached hydrogens (tertiary/aromatic N) is 5. The summed E-state index contributed by atoms with van der Waals surface area (Å²) < 4.78 is 11.3. The van der Waals surface area contributed by atoms with Crippen molar-refractivity contribution in [1.29, 1.82) is 5.26 Å². The molecule has 34 heavy (non-hydrogen) atoms. The van der Waals surface area contributed by atoms with Gasteiger partial charge in [0.05, 0.1) is 18.2 Å². The molecule has 8 heteroatoms. The molecule has 0 aliphatic heterocycles. The number of amides is 1. The van der Waals surface area contributed by atoms with Crippen LogP contribution in [0.4, 0.5) is 0 Å².